The van der Waals surface area contributed by atoms with Gasteiger partial charge < -0.3 is 15.7 Å². The molecule has 4 N–H and O–H groups in total. The van der Waals surface area contributed by atoms with Crippen molar-refractivity contribution in [3.05, 3.63) is 70.4 Å². The second-order valence-electron chi connectivity index (χ2n) is 8.68. The quantitative estimate of drug-likeness (QED) is 0.292. The number of aliphatic hydroxyl groups is 1. The van der Waals surface area contributed by atoms with Crippen molar-refractivity contribution in [1.29, 1.82) is 0 Å². The molecule has 2 heterocycles. The summed E-state index contributed by atoms with van der Waals surface area (Å²) < 4.78 is 44.0. The van der Waals surface area contributed by atoms with Crippen LogP contribution in [0.4, 0.5) is 20.4 Å². The molecular weight excluding hydrogens is 522 g/mol. The molecule has 0 amide bonds. The number of pyridine rings is 1. The molecule has 2 aromatic carbocycles. The molecule has 0 radical (unpaired) electrons. The van der Waals surface area contributed by atoms with E-state index in [9.17, 15) is 18.1 Å². The third kappa shape index (κ3) is 5.74. The molecule has 8 nitrogen and oxygen atoms in total. The highest BCUT2D eigenvalue weighted by molar-refractivity contribution is 7.85. The first-order chi connectivity index (χ1) is 17.6. The predicted octanol–water partition coefficient (Wildman–Crippen LogP) is 3.94. The van der Waals surface area contributed by atoms with Crippen LogP contribution < -0.4 is 15.4 Å². The van der Waals surface area contributed by atoms with E-state index < -0.39 is 28.7 Å². The van der Waals surface area contributed by atoms with Crippen LogP contribution in [-0.4, -0.2) is 50.5 Å². The molecule has 37 heavy (non-hydrogen) atoms. The SMILES string of the molecule is CN(CCO)c1ccc(-c2ccc(Cl)c3c(NS(C)=O)nn(C)c23)c(C(N)Cc2cc(F)cc(F)c2)n1. The maximum Gasteiger partial charge on any atom is 0.169 e. The smallest absolute Gasteiger partial charge is 0.169 e. The highest BCUT2D eigenvalue weighted by atomic mass is 35.5. The molecule has 0 saturated heterocycles. The minimum atomic E-state index is -1.37. The van der Waals surface area contributed by atoms with E-state index in [1.54, 1.807) is 35.8 Å². The summed E-state index contributed by atoms with van der Waals surface area (Å²) in [5.41, 5.74) is 9.58. The molecule has 4 aromatic rings. The first kappa shape index (κ1) is 26.9. The second kappa shape index (κ2) is 11.1. The molecule has 0 aliphatic carbocycles. The van der Waals surface area contributed by atoms with Crippen molar-refractivity contribution in [3.63, 3.8) is 0 Å². The summed E-state index contributed by atoms with van der Waals surface area (Å²) in [4.78, 5) is 6.58. The van der Waals surface area contributed by atoms with Crippen molar-refractivity contribution < 1.29 is 18.1 Å². The van der Waals surface area contributed by atoms with E-state index in [2.05, 4.69) is 9.82 Å². The van der Waals surface area contributed by atoms with Gasteiger partial charge in [0, 0.05) is 44.1 Å². The molecule has 0 aliphatic heterocycles. The standard InChI is InChI=1S/C25H27ClF2N6O2S/c1-33(8-9-35)21-7-5-17(23(30-21)20(29)12-14-10-15(27)13-16(28)11-14)18-4-6-19(26)22-24(18)34(2)31-25(22)32-37(3)36/h4-7,10-11,13,20,35H,8-9,12,29H2,1-3H3,(H,31,32). The molecule has 0 aliphatic rings. The summed E-state index contributed by atoms with van der Waals surface area (Å²) in [6, 6.07) is 9.78. The number of nitrogens with one attached hydrogen (secondary N) is 1. The Kier molecular flexibility index (Phi) is 8.08. The van der Waals surface area contributed by atoms with E-state index in [4.69, 9.17) is 22.3 Å². The van der Waals surface area contributed by atoms with Gasteiger partial charge in [0.25, 0.3) is 0 Å². The van der Waals surface area contributed by atoms with Crippen LogP contribution in [0.5, 0.6) is 0 Å². The van der Waals surface area contributed by atoms with Crippen LogP contribution in [0.25, 0.3) is 22.0 Å². The average Bonchev–Trinajstić information content (AvgIpc) is 3.14. The van der Waals surface area contributed by atoms with Gasteiger partial charge in [-0.15, -0.1) is 0 Å². The maximum atomic E-state index is 13.9. The summed E-state index contributed by atoms with van der Waals surface area (Å²) in [6.07, 6.45) is 1.63. The predicted molar refractivity (Wildman–Crippen MR) is 144 cm³/mol. The lowest BCUT2D eigenvalue weighted by molar-refractivity contribution is 0.304. The third-order valence-electron chi connectivity index (χ3n) is 5.93. The van der Waals surface area contributed by atoms with E-state index >= 15 is 0 Å². The first-order valence-corrected chi connectivity index (χ1v) is 13.3. The third-order valence-corrected chi connectivity index (χ3v) is 6.73. The van der Waals surface area contributed by atoms with E-state index in [1.807, 2.05) is 12.1 Å². The van der Waals surface area contributed by atoms with Gasteiger partial charge in [-0.2, -0.15) is 5.10 Å². The largest absolute Gasteiger partial charge is 0.395 e. The Balaban J connectivity index is 1.90. The minimum Gasteiger partial charge on any atom is -0.395 e. The Labute approximate surface area is 220 Å². The zero-order chi connectivity index (χ0) is 26.9. The van der Waals surface area contributed by atoms with Crippen molar-refractivity contribution in [2.24, 2.45) is 12.8 Å². The van der Waals surface area contributed by atoms with Gasteiger partial charge >= 0.3 is 0 Å². The van der Waals surface area contributed by atoms with Crippen molar-refractivity contribution in [2.45, 2.75) is 12.5 Å². The first-order valence-electron chi connectivity index (χ1n) is 11.4. The molecule has 12 heteroatoms. The molecule has 0 fully saturated rings. The minimum absolute atomic E-state index is 0.0642. The van der Waals surface area contributed by atoms with Gasteiger partial charge in [-0.1, -0.05) is 17.7 Å². The molecule has 2 atom stereocenters. The van der Waals surface area contributed by atoms with Crippen LogP contribution in [0.1, 0.15) is 17.3 Å². The van der Waals surface area contributed by atoms with Crippen LogP contribution >= 0.6 is 11.6 Å². The van der Waals surface area contributed by atoms with Gasteiger partial charge in [-0.3, -0.25) is 9.40 Å². The number of aryl methyl sites for hydroxylation is 1. The van der Waals surface area contributed by atoms with E-state index in [0.717, 1.165) is 11.6 Å². The number of nitrogens with two attached hydrogens (primary N) is 1. The lowest BCUT2D eigenvalue weighted by Crippen LogP contribution is -2.24. The molecule has 0 spiro atoms. The number of anilines is 2. The molecule has 196 valence electrons. The monoisotopic (exact) mass is 548 g/mol. The summed E-state index contributed by atoms with van der Waals surface area (Å²) in [5.74, 6) is -0.421. The highest BCUT2D eigenvalue weighted by Gasteiger charge is 2.23. The number of hydrogen-bond acceptors (Lipinski definition) is 6. The lowest BCUT2D eigenvalue weighted by atomic mass is 9.94. The fourth-order valence-corrected chi connectivity index (χ4v) is 4.99. The maximum absolute atomic E-state index is 13.9. The Morgan fingerprint density at radius 2 is 1.86 bits per heavy atom. The second-order valence-corrected chi connectivity index (χ2v) is 10.2. The molecule has 4 rings (SSSR count). The number of hydrogen-bond donors (Lipinski definition) is 3. The van der Waals surface area contributed by atoms with Crippen LogP contribution in [-0.2, 0) is 24.5 Å². The van der Waals surface area contributed by atoms with Gasteiger partial charge in [0.05, 0.1) is 34.3 Å². The number of benzene rings is 2. The van der Waals surface area contributed by atoms with Crippen LogP contribution in [0.15, 0.2) is 42.5 Å². The van der Waals surface area contributed by atoms with E-state index in [1.165, 1.54) is 18.4 Å². The van der Waals surface area contributed by atoms with Crippen molar-refractivity contribution in [2.75, 3.05) is 36.1 Å². The Morgan fingerprint density at radius 1 is 1.19 bits per heavy atom. The van der Waals surface area contributed by atoms with Crippen LogP contribution in [0, 0.1) is 11.6 Å². The Hall–Kier alpha value is -3.12. The number of aliphatic hydroxyl groups excluding tert-OH is 1. The summed E-state index contributed by atoms with van der Waals surface area (Å²) in [6.45, 7) is 0.289. The van der Waals surface area contributed by atoms with Crippen molar-refractivity contribution in [1.82, 2.24) is 14.8 Å². The van der Waals surface area contributed by atoms with Gasteiger partial charge in [0.1, 0.15) is 28.4 Å². The number of rotatable bonds is 9. The fourth-order valence-electron chi connectivity index (χ4n) is 4.33. The number of fused-ring (bicyclic) bond motifs is 1. The number of nitrogens with zero attached hydrogens (tertiary/aromatic N) is 4. The van der Waals surface area contributed by atoms with Gasteiger partial charge in [-0.25, -0.2) is 18.0 Å². The normalized spacial score (nSPS) is 13.1. The van der Waals surface area contributed by atoms with E-state index in [0.29, 0.717) is 50.9 Å². The summed E-state index contributed by atoms with van der Waals surface area (Å²) in [7, 11) is 2.17. The van der Waals surface area contributed by atoms with Gasteiger partial charge in [0.2, 0.25) is 0 Å². The van der Waals surface area contributed by atoms with Gasteiger partial charge in [-0.05, 0) is 42.3 Å². The zero-order valence-electron chi connectivity index (χ0n) is 20.5. The number of likely N-dealkylation sites (N-methyl/N-ethyl adjacent to an activating group) is 1. The van der Waals surface area contributed by atoms with Crippen molar-refractivity contribution >= 4 is 45.1 Å². The van der Waals surface area contributed by atoms with E-state index in [-0.39, 0.29) is 13.0 Å². The molecule has 2 aromatic heterocycles. The highest BCUT2D eigenvalue weighted by Crippen LogP contribution is 2.39. The molecule has 0 saturated carbocycles. The Morgan fingerprint density at radius 3 is 2.51 bits per heavy atom. The number of aromatic nitrogens is 3. The Bertz CT molecular complexity index is 1460. The zero-order valence-corrected chi connectivity index (χ0v) is 22.1. The van der Waals surface area contributed by atoms with Gasteiger partial charge in [0.15, 0.2) is 5.82 Å². The topological polar surface area (TPSA) is 109 Å². The molecule has 0 bridgehead atoms. The van der Waals surface area contributed by atoms with Crippen LogP contribution in [0.3, 0.4) is 0 Å². The summed E-state index contributed by atoms with van der Waals surface area (Å²) in [5, 5.41) is 14.9. The average molecular weight is 549 g/mol. The van der Waals surface area contributed by atoms with Crippen LogP contribution in [0.2, 0.25) is 5.02 Å². The lowest BCUT2D eigenvalue weighted by Gasteiger charge is -2.22. The molecule has 2 unspecified atom stereocenters. The number of halogens is 3. The fraction of sp³-hybridized carbons (Fsp3) is 0.280. The molecular formula is C25H27ClF2N6O2S. The van der Waals surface area contributed by atoms with Crippen molar-refractivity contribution in [3.8, 4) is 11.1 Å². The summed E-state index contributed by atoms with van der Waals surface area (Å²) >= 11 is 6.53.